The summed E-state index contributed by atoms with van der Waals surface area (Å²) in [6, 6.07) is 12.3. The molecule has 2 N–H and O–H groups in total. The fourth-order valence-corrected chi connectivity index (χ4v) is 3.44. The van der Waals surface area contributed by atoms with Gasteiger partial charge in [0.15, 0.2) is 0 Å². The highest BCUT2D eigenvalue weighted by Gasteiger charge is 2.27. The summed E-state index contributed by atoms with van der Waals surface area (Å²) in [5.41, 5.74) is 0.780. The Bertz CT molecular complexity index is 741. The zero-order chi connectivity index (χ0) is 19.2. The van der Waals surface area contributed by atoms with Crippen molar-refractivity contribution in [3.8, 4) is 5.75 Å². The van der Waals surface area contributed by atoms with Crippen LogP contribution in [0.3, 0.4) is 0 Å². The Kier molecular flexibility index (Phi) is 6.40. The molecule has 1 amide bonds. The van der Waals surface area contributed by atoms with Gasteiger partial charge in [-0.3, -0.25) is 4.79 Å². The summed E-state index contributed by atoms with van der Waals surface area (Å²) < 4.78 is 32.2. The number of amides is 1. The topological polar surface area (TPSA) is 58.6 Å². The quantitative estimate of drug-likeness (QED) is 0.812. The maximum absolute atomic E-state index is 13.2. The minimum absolute atomic E-state index is 0.000595. The summed E-state index contributed by atoms with van der Waals surface area (Å²) in [5.74, 6) is -1.93. The molecular formula is C21H23F2NO3. The standard InChI is InChI=1S/C21H23F2NO3/c22-15-10-16(23)12-19(11-15)27-18-8-6-17(7-9-18)24-21(26)20(13-25)14-4-2-1-3-5-14/h1-5,10-12,17-18,20,25H,6-9,13H2,(H,24,26). The van der Waals surface area contributed by atoms with Gasteiger partial charge in [0.2, 0.25) is 5.91 Å². The summed E-state index contributed by atoms with van der Waals surface area (Å²) in [6.45, 7) is -0.251. The fourth-order valence-electron chi connectivity index (χ4n) is 3.44. The van der Waals surface area contributed by atoms with Gasteiger partial charge < -0.3 is 15.2 Å². The lowest BCUT2D eigenvalue weighted by atomic mass is 9.91. The van der Waals surface area contributed by atoms with Crippen molar-refractivity contribution in [1.82, 2.24) is 5.32 Å². The molecule has 1 aliphatic carbocycles. The number of hydrogen-bond donors (Lipinski definition) is 2. The van der Waals surface area contributed by atoms with E-state index in [1.54, 1.807) is 0 Å². The highest BCUT2D eigenvalue weighted by Crippen LogP contribution is 2.26. The Hall–Kier alpha value is -2.47. The first-order chi connectivity index (χ1) is 13.0. The minimum atomic E-state index is -0.665. The average molecular weight is 375 g/mol. The second-order valence-electron chi connectivity index (χ2n) is 6.85. The van der Waals surface area contributed by atoms with Gasteiger partial charge in [0.25, 0.3) is 0 Å². The molecule has 0 saturated heterocycles. The van der Waals surface area contributed by atoms with Gasteiger partial charge >= 0.3 is 0 Å². The van der Waals surface area contributed by atoms with Crippen LogP contribution in [0.5, 0.6) is 5.75 Å². The molecule has 1 unspecified atom stereocenters. The van der Waals surface area contributed by atoms with Crippen molar-refractivity contribution in [2.24, 2.45) is 0 Å². The third-order valence-corrected chi connectivity index (χ3v) is 4.86. The van der Waals surface area contributed by atoms with E-state index >= 15 is 0 Å². The molecule has 27 heavy (non-hydrogen) atoms. The maximum atomic E-state index is 13.2. The van der Waals surface area contributed by atoms with Crippen LogP contribution in [-0.4, -0.2) is 29.8 Å². The second kappa shape index (κ2) is 8.95. The van der Waals surface area contributed by atoms with Crippen LogP contribution in [0.15, 0.2) is 48.5 Å². The first-order valence-electron chi connectivity index (χ1n) is 9.14. The van der Waals surface area contributed by atoms with Gasteiger partial charge in [0.1, 0.15) is 17.4 Å². The molecule has 0 heterocycles. The molecule has 0 aliphatic heterocycles. The van der Waals surface area contributed by atoms with Crippen LogP contribution in [0.25, 0.3) is 0 Å². The van der Waals surface area contributed by atoms with Crippen LogP contribution in [0, 0.1) is 11.6 Å². The monoisotopic (exact) mass is 375 g/mol. The van der Waals surface area contributed by atoms with Crippen LogP contribution in [0.4, 0.5) is 8.78 Å². The summed E-state index contributed by atoms with van der Waals surface area (Å²) in [7, 11) is 0. The molecule has 3 rings (SSSR count). The molecule has 2 aromatic rings. The Morgan fingerprint density at radius 1 is 1.07 bits per heavy atom. The number of benzene rings is 2. The van der Waals surface area contributed by atoms with Gasteiger partial charge in [-0.25, -0.2) is 8.78 Å². The van der Waals surface area contributed by atoms with E-state index in [4.69, 9.17) is 4.74 Å². The molecule has 144 valence electrons. The van der Waals surface area contributed by atoms with Crippen molar-refractivity contribution in [1.29, 1.82) is 0 Å². The van der Waals surface area contributed by atoms with E-state index in [0.717, 1.165) is 11.6 Å². The van der Waals surface area contributed by atoms with Crippen LogP contribution in [0.1, 0.15) is 37.2 Å². The first kappa shape index (κ1) is 19.3. The molecule has 4 nitrogen and oxygen atoms in total. The highest BCUT2D eigenvalue weighted by molar-refractivity contribution is 5.84. The molecule has 1 aliphatic rings. The first-order valence-corrected chi connectivity index (χ1v) is 9.14. The molecule has 1 saturated carbocycles. The zero-order valence-electron chi connectivity index (χ0n) is 14.9. The lowest BCUT2D eigenvalue weighted by Crippen LogP contribution is -2.42. The molecule has 1 fully saturated rings. The molecule has 6 heteroatoms. The Balaban J connectivity index is 1.51. The molecule has 0 spiro atoms. The lowest BCUT2D eigenvalue weighted by molar-refractivity contribution is -0.124. The van der Waals surface area contributed by atoms with E-state index in [0.29, 0.717) is 25.7 Å². The predicted molar refractivity (Wildman–Crippen MR) is 97.4 cm³/mol. The van der Waals surface area contributed by atoms with Crippen molar-refractivity contribution in [3.63, 3.8) is 0 Å². The Morgan fingerprint density at radius 3 is 2.30 bits per heavy atom. The predicted octanol–water partition coefficient (Wildman–Crippen LogP) is 3.55. The van der Waals surface area contributed by atoms with E-state index < -0.39 is 17.6 Å². The van der Waals surface area contributed by atoms with E-state index in [1.165, 1.54) is 12.1 Å². The van der Waals surface area contributed by atoms with Crippen molar-refractivity contribution in [3.05, 3.63) is 65.7 Å². The van der Waals surface area contributed by atoms with Gasteiger partial charge in [-0.2, -0.15) is 0 Å². The molecular weight excluding hydrogens is 352 g/mol. The number of ether oxygens (including phenoxy) is 1. The summed E-state index contributed by atoms with van der Waals surface area (Å²) in [6.07, 6.45) is 2.64. The van der Waals surface area contributed by atoms with Gasteiger partial charge in [-0.05, 0) is 31.2 Å². The van der Waals surface area contributed by atoms with Crippen LogP contribution in [0.2, 0.25) is 0 Å². The third kappa shape index (κ3) is 5.26. The molecule has 0 aromatic heterocycles. The van der Waals surface area contributed by atoms with Crippen molar-refractivity contribution >= 4 is 5.91 Å². The summed E-state index contributed by atoms with van der Waals surface area (Å²) in [5, 5.41) is 12.6. The van der Waals surface area contributed by atoms with E-state index in [9.17, 15) is 18.7 Å². The zero-order valence-corrected chi connectivity index (χ0v) is 14.9. The van der Waals surface area contributed by atoms with Crippen molar-refractivity contribution in [2.45, 2.75) is 43.7 Å². The lowest BCUT2D eigenvalue weighted by Gasteiger charge is -2.30. The van der Waals surface area contributed by atoms with Crippen molar-refractivity contribution < 1.29 is 23.4 Å². The number of carbonyl (C=O) groups excluding carboxylic acids is 1. The van der Waals surface area contributed by atoms with Gasteiger partial charge in [-0.15, -0.1) is 0 Å². The Labute approximate surface area is 157 Å². The van der Waals surface area contributed by atoms with E-state index in [2.05, 4.69) is 5.32 Å². The number of aliphatic hydroxyl groups excluding tert-OH is 1. The number of aliphatic hydroxyl groups is 1. The van der Waals surface area contributed by atoms with Crippen LogP contribution >= 0.6 is 0 Å². The number of rotatable bonds is 6. The normalized spacial score (nSPS) is 20.7. The molecule has 1 atom stereocenters. The second-order valence-corrected chi connectivity index (χ2v) is 6.85. The largest absolute Gasteiger partial charge is 0.490 e. The number of carbonyl (C=O) groups is 1. The van der Waals surface area contributed by atoms with E-state index in [1.807, 2.05) is 30.3 Å². The molecule has 2 aromatic carbocycles. The van der Waals surface area contributed by atoms with E-state index in [-0.39, 0.29) is 30.4 Å². The fraction of sp³-hybridized carbons (Fsp3) is 0.381. The smallest absolute Gasteiger partial charge is 0.230 e. The number of halogens is 2. The maximum Gasteiger partial charge on any atom is 0.230 e. The molecule has 0 radical (unpaired) electrons. The number of hydrogen-bond acceptors (Lipinski definition) is 3. The van der Waals surface area contributed by atoms with Gasteiger partial charge in [0, 0.05) is 24.2 Å². The number of nitrogens with one attached hydrogen (secondary N) is 1. The van der Waals surface area contributed by atoms with Crippen LogP contribution in [-0.2, 0) is 4.79 Å². The van der Waals surface area contributed by atoms with Gasteiger partial charge in [-0.1, -0.05) is 30.3 Å². The third-order valence-electron chi connectivity index (χ3n) is 4.86. The van der Waals surface area contributed by atoms with Crippen LogP contribution < -0.4 is 10.1 Å². The Morgan fingerprint density at radius 2 is 1.70 bits per heavy atom. The van der Waals surface area contributed by atoms with Crippen molar-refractivity contribution in [2.75, 3.05) is 6.61 Å². The summed E-state index contributed by atoms with van der Waals surface area (Å²) in [4.78, 5) is 12.5. The molecule has 0 bridgehead atoms. The minimum Gasteiger partial charge on any atom is -0.490 e. The van der Waals surface area contributed by atoms with Gasteiger partial charge in [0.05, 0.1) is 18.6 Å². The average Bonchev–Trinajstić information content (AvgIpc) is 2.64. The summed E-state index contributed by atoms with van der Waals surface area (Å²) >= 11 is 0. The SMILES string of the molecule is O=C(NC1CCC(Oc2cc(F)cc(F)c2)CC1)C(CO)c1ccccc1. The highest BCUT2D eigenvalue weighted by atomic mass is 19.1.